The highest BCUT2D eigenvalue weighted by atomic mass is 16.5. The lowest BCUT2D eigenvalue weighted by atomic mass is 10.1. The molecule has 0 spiro atoms. The van der Waals surface area contributed by atoms with Gasteiger partial charge in [-0.1, -0.05) is 17.7 Å². The first-order valence-corrected chi connectivity index (χ1v) is 7.40. The van der Waals surface area contributed by atoms with Crippen LogP contribution in [0.5, 0.6) is 11.5 Å². The van der Waals surface area contributed by atoms with E-state index in [0.29, 0.717) is 40.0 Å². The average Bonchev–Trinajstić information content (AvgIpc) is 2.54. The van der Waals surface area contributed by atoms with Gasteiger partial charge in [-0.3, -0.25) is 4.79 Å². The monoisotopic (exact) mass is 310 g/mol. The van der Waals surface area contributed by atoms with E-state index in [1.807, 2.05) is 32.1 Å². The zero-order valence-corrected chi connectivity index (χ0v) is 13.4. The van der Waals surface area contributed by atoms with E-state index in [1.54, 1.807) is 31.4 Å². The van der Waals surface area contributed by atoms with E-state index in [4.69, 9.17) is 13.9 Å². The molecule has 1 heterocycles. The Labute approximate surface area is 133 Å². The van der Waals surface area contributed by atoms with Crippen molar-refractivity contribution in [2.45, 2.75) is 13.8 Å². The van der Waals surface area contributed by atoms with Crippen LogP contribution < -0.4 is 14.9 Å². The van der Waals surface area contributed by atoms with Gasteiger partial charge >= 0.3 is 0 Å². The second kappa shape index (κ2) is 6.16. The lowest BCUT2D eigenvalue weighted by Crippen LogP contribution is -2.04. The van der Waals surface area contributed by atoms with Gasteiger partial charge in [0.2, 0.25) is 5.43 Å². The molecule has 0 fully saturated rings. The highest BCUT2D eigenvalue weighted by Crippen LogP contribution is 2.32. The van der Waals surface area contributed by atoms with Gasteiger partial charge in [0.25, 0.3) is 0 Å². The van der Waals surface area contributed by atoms with Gasteiger partial charge in [0, 0.05) is 6.07 Å². The van der Waals surface area contributed by atoms with Gasteiger partial charge in [-0.15, -0.1) is 0 Å². The lowest BCUT2D eigenvalue weighted by Gasteiger charge is -2.11. The molecule has 4 nitrogen and oxygen atoms in total. The van der Waals surface area contributed by atoms with Gasteiger partial charge in [-0.05, 0) is 38.1 Å². The van der Waals surface area contributed by atoms with Crippen molar-refractivity contribution in [1.82, 2.24) is 0 Å². The molecule has 3 rings (SSSR count). The third kappa shape index (κ3) is 2.93. The SMILES string of the molecule is COc1cc2c(=O)c3ccccc3oc2cc1OCC=C(C)C. The largest absolute Gasteiger partial charge is 0.493 e. The standard InChI is InChI=1S/C19H18O4/c1-12(2)8-9-22-18-11-16-14(10-17(18)21-3)19(20)13-6-4-5-7-15(13)23-16/h4-8,10-11H,9H2,1-3H3. The van der Waals surface area contributed by atoms with Crippen LogP contribution in [0.3, 0.4) is 0 Å². The summed E-state index contributed by atoms with van der Waals surface area (Å²) in [7, 11) is 1.55. The number of rotatable bonds is 4. The van der Waals surface area contributed by atoms with Crippen molar-refractivity contribution in [2.75, 3.05) is 13.7 Å². The second-order valence-electron chi connectivity index (χ2n) is 5.52. The number of benzene rings is 2. The molecule has 0 bridgehead atoms. The molecule has 0 saturated carbocycles. The summed E-state index contributed by atoms with van der Waals surface area (Å²) < 4.78 is 16.9. The highest BCUT2D eigenvalue weighted by Gasteiger charge is 2.13. The smallest absolute Gasteiger partial charge is 0.200 e. The minimum Gasteiger partial charge on any atom is -0.493 e. The van der Waals surface area contributed by atoms with Crippen molar-refractivity contribution < 1.29 is 13.9 Å². The van der Waals surface area contributed by atoms with Gasteiger partial charge in [0.1, 0.15) is 17.8 Å². The molecule has 0 aliphatic heterocycles. The van der Waals surface area contributed by atoms with Crippen molar-refractivity contribution in [2.24, 2.45) is 0 Å². The quantitative estimate of drug-likeness (QED) is 0.532. The van der Waals surface area contributed by atoms with E-state index in [1.165, 1.54) is 5.57 Å². The molecule has 0 amide bonds. The van der Waals surface area contributed by atoms with Crippen LogP contribution in [0, 0.1) is 0 Å². The van der Waals surface area contributed by atoms with E-state index in [0.717, 1.165) is 0 Å². The van der Waals surface area contributed by atoms with E-state index in [9.17, 15) is 4.79 Å². The Balaban J connectivity index is 2.17. The fourth-order valence-corrected chi connectivity index (χ4v) is 2.38. The number of hydrogen-bond donors (Lipinski definition) is 0. The maximum atomic E-state index is 12.6. The molecular formula is C19H18O4. The van der Waals surface area contributed by atoms with Crippen LogP contribution in [0.15, 0.2) is 57.3 Å². The maximum absolute atomic E-state index is 12.6. The van der Waals surface area contributed by atoms with E-state index < -0.39 is 0 Å². The fraction of sp³-hybridized carbons (Fsp3) is 0.211. The minimum absolute atomic E-state index is 0.0731. The van der Waals surface area contributed by atoms with E-state index in [2.05, 4.69) is 0 Å². The van der Waals surface area contributed by atoms with Crippen molar-refractivity contribution in [1.29, 1.82) is 0 Å². The van der Waals surface area contributed by atoms with E-state index >= 15 is 0 Å². The van der Waals surface area contributed by atoms with Crippen molar-refractivity contribution >= 4 is 21.9 Å². The molecule has 23 heavy (non-hydrogen) atoms. The second-order valence-corrected chi connectivity index (χ2v) is 5.52. The lowest BCUT2D eigenvalue weighted by molar-refractivity contribution is 0.326. The normalized spacial score (nSPS) is 10.7. The highest BCUT2D eigenvalue weighted by molar-refractivity contribution is 5.91. The van der Waals surface area contributed by atoms with Crippen molar-refractivity contribution in [3.63, 3.8) is 0 Å². The van der Waals surface area contributed by atoms with E-state index in [-0.39, 0.29) is 5.43 Å². The summed E-state index contributed by atoms with van der Waals surface area (Å²) in [5, 5.41) is 1.04. The molecule has 118 valence electrons. The molecule has 0 aliphatic carbocycles. The summed E-state index contributed by atoms with van der Waals surface area (Å²) >= 11 is 0. The number of para-hydroxylation sites is 1. The fourth-order valence-electron chi connectivity index (χ4n) is 2.38. The summed E-state index contributed by atoms with van der Waals surface area (Å²) in [5.41, 5.74) is 2.14. The molecule has 0 unspecified atom stereocenters. The van der Waals surface area contributed by atoms with Crippen LogP contribution in [-0.2, 0) is 0 Å². The van der Waals surface area contributed by atoms with Crippen molar-refractivity contribution in [3.8, 4) is 11.5 Å². The molecule has 0 saturated heterocycles. The van der Waals surface area contributed by atoms with Crippen LogP contribution in [0.1, 0.15) is 13.8 Å². The first kappa shape index (κ1) is 15.2. The Morgan fingerprint density at radius 1 is 1.09 bits per heavy atom. The van der Waals surface area contributed by atoms with Crippen LogP contribution in [0.4, 0.5) is 0 Å². The molecule has 0 atom stereocenters. The molecule has 0 radical (unpaired) electrons. The third-order valence-corrected chi connectivity index (χ3v) is 3.59. The van der Waals surface area contributed by atoms with Crippen LogP contribution in [0.2, 0.25) is 0 Å². The molecule has 4 heteroatoms. The molecule has 0 aliphatic rings. The zero-order chi connectivity index (χ0) is 16.4. The number of fused-ring (bicyclic) bond motifs is 2. The predicted octanol–water partition coefficient (Wildman–Crippen LogP) is 4.30. The van der Waals surface area contributed by atoms with Gasteiger partial charge in [0.05, 0.1) is 17.9 Å². The summed E-state index contributed by atoms with van der Waals surface area (Å²) in [6, 6.07) is 10.6. The average molecular weight is 310 g/mol. The van der Waals surface area contributed by atoms with Crippen LogP contribution in [-0.4, -0.2) is 13.7 Å². The number of hydrogen-bond acceptors (Lipinski definition) is 4. The number of methoxy groups -OCH3 is 1. The van der Waals surface area contributed by atoms with Gasteiger partial charge in [-0.2, -0.15) is 0 Å². The summed E-state index contributed by atoms with van der Waals surface area (Å²) in [6.07, 6.45) is 1.97. The molecular weight excluding hydrogens is 292 g/mol. The van der Waals surface area contributed by atoms with Crippen LogP contribution >= 0.6 is 0 Å². The Bertz CT molecular complexity index is 947. The Kier molecular flexibility index (Phi) is 4.06. The molecule has 3 aromatic rings. The minimum atomic E-state index is -0.0731. The number of ether oxygens (including phenoxy) is 2. The topological polar surface area (TPSA) is 48.7 Å². The first-order chi connectivity index (χ1) is 11.1. The molecule has 1 aromatic heterocycles. The Morgan fingerprint density at radius 3 is 2.61 bits per heavy atom. The Morgan fingerprint density at radius 2 is 1.87 bits per heavy atom. The molecule has 2 aromatic carbocycles. The predicted molar refractivity (Wildman–Crippen MR) is 91.5 cm³/mol. The van der Waals surface area contributed by atoms with Crippen molar-refractivity contribution in [3.05, 3.63) is 58.3 Å². The first-order valence-electron chi connectivity index (χ1n) is 7.40. The third-order valence-electron chi connectivity index (χ3n) is 3.59. The maximum Gasteiger partial charge on any atom is 0.200 e. The Hall–Kier alpha value is -2.75. The van der Waals surface area contributed by atoms with Crippen LogP contribution in [0.25, 0.3) is 21.9 Å². The number of allylic oxidation sites excluding steroid dienone is 1. The summed E-state index contributed by atoms with van der Waals surface area (Å²) in [6.45, 7) is 4.44. The summed E-state index contributed by atoms with van der Waals surface area (Å²) in [5.74, 6) is 1.07. The van der Waals surface area contributed by atoms with Gasteiger partial charge < -0.3 is 13.9 Å². The van der Waals surface area contributed by atoms with Gasteiger partial charge in [0.15, 0.2) is 11.5 Å². The summed E-state index contributed by atoms with van der Waals surface area (Å²) in [4.78, 5) is 12.6. The zero-order valence-electron chi connectivity index (χ0n) is 13.4. The molecule has 0 N–H and O–H groups in total. The van der Waals surface area contributed by atoms with Gasteiger partial charge in [-0.25, -0.2) is 0 Å².